The van der Waals surface area contributed by atoms with Crippen molar-refractivity contribution in [1.29, 1.82) is 0 Å². The first-order chi connectivity index (χ1) is 10.2. The fourth-order valence-electron chi connectivity index (χ4n) is 2.07. The van der Waals surface area contributed by atoms with Crippen molar-refractivity contribution in [2.24, 2.45) is 0 Å². The first-order valence-corrected chi connectivity index (χ1v) is 8.13. The molecule has 3 nitrogen and oxygen atoms in total. The van der Waals surface area contributed by atoms with E-state index in [0.717, 1.165) is 18.4 Å². The van der Waals surface area contributed by atoms with Gasteiger partial charge in [0.05, 0.1) is 12.6 Å². The Kier molecular flexibility index (Phi) is 6.23. The van der Waals surface area contributed by atoms with E-state index < -0.39 is 0 Å². The zero-order valence-corrected chi connectivity index (χ0v) is 13.2. The molecule has 0 aliphatic carbocycles. The quantitative estimate of drug-likeness (QED) is 0.818. The Bertz CT molecular complexity index is 554. The van der Waals surface area contributed by atoms with Gasteiger partial charge >= 0.3 is 0 Å². The van der Waals surface area contributed by atoms with E-state index in [-0.39, 0.29) is 18.6 Å². The Morgan fingerprint density at radius 1 is 1.29 bits per heavy atom. The second-order valence-corrected chi connectivity index (χ2v) is 6.26. The molecule has 0 spiro atoms. The smallest absolute Gasteiger partial charge is 0.220 e. The summed E-state index contributed by atoms with van der Waals surface area (Å²) in [5.41, 5.74) is 0.855. The third-order valence-electron chi connectivity index (χ3n) is 3.20. The van der Waals surface area contributed by atoms with E-state index in [0.29, 0.717) is 11.4 Å². The molecule has 2 rings (SSSR count). The van der Waals surface area contributed by atoms with E-state index in [4.69, 9.17) is 11.6 Å². The lowest BCUT2D eigenvalue weighted by Gasteiger charge is -2.16. The van der Waals surface area contributed by atoms with Gasteiger partial charge in [-0.15, -0.1) is 11.3 Å². The summed E-state index contributed by atoms with van der Waals surface area (Å²) in [5.74, 6) is -0.0412. The van der Waals surface area contributed by atoms with Crippen LogP contribution in [0.15, 0.2) is 41.8 Å². The highest BCUT2D eigenvalue weighted by Crippen LogP contribution is 2.17. The minimum absolute atomic E-state index is 0.0412. The molecule has 0 saturated heterocycles. The van der Waals surface area contributed by atoms with Gasteiger partial charge in [-0.3, -0.25) is 4.79 Å². The van der Waals surface area contributed by atoms with E-state index >= 15 is 0 Å². The Morgan fingerprint density at radius 3 is 2.67 bits per heavy atom. The number of benzene rings is 1. The number of hydrogen-bond acceptors (Lipinski definition) is 3. The second-order valence-electron chi connectivity index (χ2n) is 4.79. The van der Waals surface area contributed by atoms with Gasteiger partial charge in [-0.25, -0.2) is 0 Å². The van der Waals surface area contributed by atoms with Crippen molar-refractivity contribution in [2.75, 3.05) is 6.61 Å². The molecule has 1 aromatic heterocycles. The lowest BCUT2D eigenvalue weighted by molar-refractivity contribution is -0.122. The number of rotatable bonds is 7. The van der Waals surface area contributed by atoms with Crippen LogP contribution in [0.5, 0.6) is 0 Å². The number of aliphatic hydroxyl groups is 1. The number of halogens is 1. The molecule has 0 aliphatic rings. The summed E-state index contributed by atoms with van der Waals surface area (Å²) in [6.07, 6.45) is 2.18. The molecule has 0 aliphatic heterocycles. The van der Waals surface area contributed by atoms with Gasteiger partial charge in [0.25, 0.3) is 0 Å². The Morgan fingerprint density at radius 2 is 2.05 bits per heavy atom. The van der Waals surface area contributed by atoms with Crippen molar-refractivity contribution in [1.82, 2.24) is 5.32 Å². The fraction of sp³-hybridized carbons (Fsp3) is 0.312. The van der Waals surface area contributed by atoms with Crippen molar-refractivity contribution in [3.05, 3.63) is 57.2 Å². The molecule has 1 amide bonds. The highest BCUT2D eigenvalue weighted by atomic mass is 35.5. The van der Waals surface area contributed by atoms with E-state index in [9.17, 15) is 9.90 Å². The summed E-state index contributed by atoms with van der Waals surface area (Å²) in [7, 11) is 0. The number of aryl methyl sites for hydroxylation is 1. The van der Waals surface area contributed by atoms with E-state index in [1.54, 1.807) is 23.5 Å². The minimum atomic E-state index is -0.378. The number of amides is 1. The molecule has 1 atom stereocenters. The Labute approximate surface area is 133 Å². The highest BCUT2D eigenvalue weighted by molar-refractivity contribution is 7.09. The van der Waals surface area contributed by atoms with Gasteiger partial charge in [0, 0.05) is 16.3 Å². The molecule has 1 unspecified atom stereocenters. The van der Waals surface area contributed by atoms with E-state index in [1.165, 1.54) is 4.88 Å². The van der Waals surface area contributed by atoms with Crippen molar-refractivity contribution in [2.45, 2.75) is 25.3 Å². The molecule has 1 aromatic carbocycles. The van der Waals surface area contributed by atoms with Gasteiger partial charge in [-0.2, -0.15) is 0 Å². The van der Waals surface area contributed by atoms with Crippen molar-refractivity contribution in [3.8, 4) is 0 Å². The van der Waals surface area contributed by atoms with Gasteiger partial charge in [0.1, 0.15) is 0 Å². The molecule has 5 heteroatoms. The molecular formula is C16H18ClNO2S. The average molecular weight is 324 g/mol. The monoisotopic (exact) mass is 323 g/mol. The first-order valence-electron chi connectivity index (χ1n) is 6.87. The summed E-state index contributed by atoms with van der Waals surface area (Å²) in [6, 6.07) is 10.8. The van der Waals surface area contributed by atoms with Crippen LogP contribution in [-0.4, -0.2) is 17.6 Å². The normalized spacial score (nSPS) is 12.1. The molecule has 1 heterocycles. The van der Waals surface area contributed by atoms with Crippen LogP contribution in [0, 0.1) is 0 Å². The van der Waals surface area contributed by atoms with E-state index in [2.05, 4.69) is 11.4 Å². The summed E-state index contributed by atoms with van der Waals surface area (Å²) < 4.78 is 0. The summed E-state index contributed by atoms with van der Waals surface area (Å²) in [5, 5.41) is 15.0. The van der Waals surface area contributed by atoms with Crippen LogP contribution in [0.1, 0.15) is 29.3 Å². The van der Waals surface area contributed by atoms with Crippen LogP contribution in [0.3, 0.4) is 0 Å². The minimum Gasteiger partial charge on any atom is -0.394 e. The second kappa shape index (κ2) is 8.17. The topological polar surface area (TPSA) is 49.3 Å². The zero-order valence-electron chi connectivity index (χ0n) is 11.6. The molecular weight excluding hydrogens is 306 g/mol. The molecule has 2 N–H and O–H groups in total. The fourth-order valence-corrected chi connectivity index (χ4v) is 2.95. The van der Waals surface area contributed by atoms with Gasteiger partial charge in [0.15, 0.2) is 0 Å². The van der Waals surface area contributed by atoms with Crippen molar-refractivity contribution < 1.29 is 9.90 Å². The molecule has 21 heavy (non-hydrogen) atoms. The standard InChI is InChI=1S/C16H18ClNO2S/c17-13-8-6-12(7-9-13)15(11-19)18-16(20)5-1-3-14-4-2-10-21-14/h2,4,6-10,15,19H,1,3,5,11H2,(H,18,20). The third kappa shape index (κ3) is 5.16. The summed E-state index contributed by atoms with van der Waals surface area (Å²) in [6.45, 7) is -0.127. The SMILES string of the molecule is O=C(CCCc1cccs1)NC(CO)c1ccc(Cl)cc1. The largest absolute Gasteiger partial charge is 0.394 e. The van der Waals surface area contributed by atoms with Crippen molar-refractivity contribution in [3.63, 3.8) is 0 Å². The number of hydrogen-bond donors (Lipinski definition) is 2. The number of thiophene rings is 1. The van der Waals surface area contributed by atoms with Crippen molar-refractivity contribution >= 4 is 28.8 Å². The van der Waals surface area contributed by atoms with Gasteiger partial charge in [-0.05, 0) is 42.0 Å². The molecule has 2 aromatic rings. The number of carbonyl (C=O) groups excluding carboxylic acids is 1. The molecule has 0 saturated carbocycles. The summed E-state index contributed by atoms with van der Waals surface area (Å²) in [4.78, 5) is 13.2. The van der Waals surface area contributed by atoms with E-state index in [1.807, 2.05) is 23.6 Å². The maximum Gasteiger partial charge on any atom is 0.220 e. The molecule has 0 radical (unpaired) electrons. The Balaban J connectivity index is 1.80. The zero-order chi connectivity index (χ0) is 15.1. The van der Waals surface area contributed by atoms with Gasteiger partial charge < -0.3 is 10.4 Å². The number of nitrogens with one attached hydrogen (secondary N) is 1. The third-order valence-corrected chi connectivity index (χ3v) is 4.39. The van der Waals surface area contributed by atoms with Crippen LogP contribution < -0.4 is 5.32 Å². The highest BCUT2D eigenvalue weighted by Gasteiger charge is 2.13. The molecule has 0 bridgehead atoms. The molecule has 0 fully saturated rings. The lowest BCUT2D eigenvalue weighted by atomic mass is 10.1. The average Bonchev–Trinajstić information content (AvgIpc) is 2.99. The van der Waals surface area contributed by atoms with Crippen LogP contribution in [0.4, 0.5) is 0 Å². The predicted molar refractivity (Wildman–Crippen MR) is 86.7 cm³/mol. The van der Waals surface area contributed by atoms with Crippen LogP contribution in [-0.2, 0) is 11.2 Å². The number of carbonyl (C=O) groups is 1. The van der Waals surface area contributed by atoms with Crippen LogP contribution in [0.25, 0.3) is 0 Å². The maximum atomic E-state index is 11.9. The maximum absolute atomic E-state index is 11.9. The van der Waals surface area contributed by atoms with Gasteiger partial charge in [-0.1, -0.05) is 29.8 Å². The van der Waals surface area contributed by atoms with Crippen LogP contribution in [0.2, 0.25) is 5.02 Å². The lowest BCUT2D eigenvalue weighted by Crippen LogP contribution is -2.30. The Hall–Kier alpha value is -1.36. The van der Waals surface area contributed by atoms with Gasteiger partial charge in [0.2, 0.25) is 5.91 Å². The predicted octanol–water partition coefficient (Wildman–Crippen LogP) is 3.57. The van der Waals surface area contributed by atoms with Crippen LogP contribution >= 0.6 is 22.9 Å². The summed E-state index contributed by atoms with van der Waals surface area (Å²) >= 11 is 7.54. The number of aliphatic hydroxyl groups excluding tert-OH is 1. The molecule has 112 valence electrons. The first kappa shape index (κ1) is 16.0.